The number of nitrogens with zero attached hydrogens (tertiary/aromatic N) is 4. The highest BCUT2D eigenvalue weighted by atomic mass is 16.5. The molecule has 0 aliphatic carbocycles. The SMILES string of the molecule is COc1cccc2oc(-c3nc4ccccc4c(=O)n3N=Cc3cn(Cc4cccc(C(=O)O)c4)c4ccccc34)cc12. The normalized spacial score (nSPS) is 11.7. The minimum absolute atomic E-state index is 0.231. The third-order valence-corrected chi connectivity index (χ3v) is 7.37. The lowest BCUT2D eigenvalue weighted by Crippen LogP contribution is -2.20. The first-order chi connectivity index (χ1) is 21.0. The standard InChI is InChI=1S/C34H24N4O5/c1-42-29-14-7-15-30-26(29)17-31(43-30)32-36-27-12-4-2-11-25(27)33(39)38(32)35-18-23-20-37(28-13-5-3-10-24(23)28)19-21-8-6-9-22(16-21)34(40)41/h2-18,20H,19H2,1H3,(H,40,41). The van der Waals surface area contributed by atoms with Gasteiger partial charge in [0.25, 0.3) is 5.56 Å². The van der Waals surface area contributed by atoms with Gasteiger partial charge in [0, 0.05) is 29.2 Å². The Morgan fingerprint density at radius 3 is 2.58 bits per heavy atom. The summed E-state index contributed by atoms with van der Waals surface area (Å²) in [5, 5.41) is 16.2. The maximum atomic E-state index is 13.8. The van der Waals surface area contributed by atoms with Crippen molar-refractivity contribution in [1.82, 2.24) is 14.2 Å². The van der Waals surface area contributed by atoms with Gasteiger partial charge in [-0.3, -0.25) is 4.79 Å². The van der Waals surface area contributed by atoms with E-state index in [-0.39, 0.29) is 16.9 Å². The zero-order valence-corrected chi connectivity index (χ0v) is 23.0. The van der Waals surface area contributed by atoms with Gasteiger partial charge < -0.3 is 18.8 Å². The first-order valence-corrected chi connectivity index (χ1v) is 13.5. The van der Waals surface area contributed by atoms with E-state index in [0.29, 0.717) is 34.5 Å². The zero-order valence-electron chi connectivity index (χ0n) is 23.0. The van der Waals surface area contributed by atoms with Crippen molar-refractivity contribution in [3.05, 3.63) is 130 Å². The second kappa shape index (κ2) is 10.5. The van der Waals surface area contributed by atoms with E-state index in [1.54, 1.807) is 55.8 Å². The lowest BCUT2D eigenvalue weighted by atomic mass is 10.1. The van der Waals surface area contributed by atoms with Gasteiger partial charge in [-0.2, -0.15) is 9.78 Å². The highest BCUT2D eigenvalue weighted by Gasteiger charge is 2.18. The van der Waals surface area contributed by atoms with E-state index in [0.717, 1.165) is 27.4 Å². The molecule has 0 amide bonds. The van der Waals surface area contributed by atoms with Crippen molar-refractivity contribution in [3.63, 3.8) is 0 Å². The first kappa shape index (κ1) is 26.0. The average molecular weight is 569 g/mol. The Labute approximate surface area is 244 Å². The van der Waals surface area contributed by atoms with Crippen molar-refractivity contribution in [2.24, 2.45) is 5.10 Å². The lowest BCUT2D eigenvalue weighted by Gasteiger charge is -2.07. The lowest BCUT2D eigenvalue weighted by molar-refractivity contribution is 0.0696. The molecule has 7 rings (SSSR count). The number of ether oxygens (including phenoxy) is 1. The van der Waals surface area contributed by atoms with E-state index in [1.165, 1.54) is 4.68 Å². The minimum Gasteiger partial charge on any atom is -0.496 e. The number of para-hydroxylation sites is 2. The molecule has 0 aliphatic rings. The second-order valence-corrected chi connectivity index (χ2v) is 10.0. The van der Waals surface area contributed by atoms with Crippen LogP contribution in [0.4, 0.5) is 0 Å². The topological polar surface area (TPSA) is 112 Å². The third kappa shape index (κ3) is 4.62. The fourth-order valence-corrected chi connectivity index (χ4v) is 5.34. The minimum atomic E-state index is -0.972. The molecule has 9 heteroatoms. The van der Waals surface area contributed by atoms with Crippen molar-refractivity contribution in [1.29, 1.82) is 0 Å². The number of fused-ring (bicyclic) bond motifs is 3. The number of benzene rings is 4. The smallest absolute Gasteiger partial charge is 0.335 e. The molecule has 0 aliphatic heterocycles. The molecule has 1 N–H and O–H groups in total. The Morgan fingerprint density at radius 1 is 0.953 bits per heavy atom. The molecule has 3 heterocycles. The number of carboxylic acids is 1. The van der Waals surface area contributed by atoms with Gasteiger partial charge >= 0.3 is 5.97 Å². The van der Waals surface area contributed by atoms with Crippen LogP contribution in [0, 0.1) is 0 Å². The zero-order chi connectivity index (χ0) is 29.5. The number of furan rings is 1. The van der Waals surface area contributed by atoms with Gasteiger partial charge in [-0.05, 0) is 54.1 Å². The quantitative estimate of drug-likeness (QED) is 0.223. The van der Waals surface area contributed by atoms with Crippen LogP contribution in [0.2, 0.25) is 0 Å². The van der Waals surface area contributed by atoms with E-state index in [2.05, 4.69) is 5.10 Å². The van der Waals surface area contributed by atoms with Crippen LogP contribution in [-0.2, 0) is 6.54 Å². The van der Waals surface area contributed by atoms with E-state index >= 15 is 0 Å². The summed E-state index contributed by atoms with van der Waals surface area (Å²) in [7, 11) is 1.59. The number of carboxylic acid groups (broad SMARTS) is 1. The highest BCUT2D eigenvalue weighted by molar-refractivity contribution is 5.99. The molecule has 0 radical (unpaired) electrons. The summed E-state index contributed by atoms with van der Waals surface area (Å²) in [5.74, 6) is 0.306. The van der Waals surface area contributed by atoms with Gasteiger partial charge in [-0.25, -0.2) is 9.78 Å². The first-order valence-electron chi connectivity index (χ1n) is 13.5. The molecule has 0 bridgehead atoms. The molecule has 7 aromatic rings. The van der Waals surface area contributed by atoms with Gasteiger partial charge in [-0.15, -0.1) is 0 Å². The van der Waals surface area contributed by atoms with Gasteiger partial charge in [0.1, 0.15) is 11.3 Å². The predicted molar refractivity (Wildman–Crippen MR) is 165 cm³/mol. The van der Waals surface area contributed by atoms with Crippen LogP contribution in [0.3, 0.4) is 0 Å². The number of methoxy groups -OCH3 is 1. The van der Waals surface area contributed by atoms with E-state index in [1.807, 2.05) is 65.4 Å². The summed E-state index contributed by atoms with van der Waals surface area (Å²) in [4.78, 5) is 30.0. The summed E-state index contributed by atoms with van der Waals surface area (Å²) < 4.78 is 14.9. The largest absolute Gasteiger partial charge is 0.496 e. The van der Waals surface area contributed by atoms with E-state index in [4.69, 9.17) is 14.1 Å². The molecule has 0 spiro atoms. The van der Waals surface area contributed by atoms with Gasteiger partial charge in [0.05, 0.1) is 35.2 Å². The van der Waals surface area contributed by atoms with Crippen molar-refractivity contribution in [3.8, 4) is 17.3 Å². The van der Waals surface area contributed by atoms with E-state index < -0.39 is 5.97 Å². The molecule has 4 aromatic carbocycles. The summed E-state index contributed by atoms with van der Waals surface area (Å²) in [5.41, 5.74) is 3.60. The number of carbonyl (C=O) groups is 1. The van der Waals surface area contributed by atoms with Crippen molar-refractivity contribution >= 4 is 45.0 Å². The number of aromatic nitrogens is 3. The highest BCUT2D eigenvalue weighted by Crippen LogP contribution is 2.33. The molecule has 0 saturated carbocycles. The van der Waals surface area contributed by atoms with E-state index in [9.17, 15) is 14.7 Å². The van der Waals surface area contributed by atoms with Crippen LogP contribution in [0.1, 0.15) is 21.5 Å². The number of hydrogen-bond donors (Lipinski definition) is 1. The summed E-state index contributed by atoms with van der Waals surface area (Å²) in [6.07, 6.45) is 3.57. The number of aromatic carboxylic acids is 1. The Hall–Kier alpha value is -5.96. The Kier molecular flexibility index (Phi) is 6.32. The summed E-state index contributed by atoms with van der Waals surface area (Å²) in [6, 6.07) is 29.1. The predicted octanol–water partition coefficient (Wildman–Crippen LogP) is 6.40. The molecule has 9 nitrogen and oxygen atoms in total. The van der Waals surface area contributed by atoms with Crippen molar-refractivity contribution in [2.45, 2.75) is 6.54 Å². The average Bonchev–Trinajstić information content (AvgIpc) is 3.62. The second-order valence-electron chi connectivity index (χ2n) is 10.0. The summed E-state index contributed by atoms with van der Waals surface area (Å²) >= 11 is 0. The molecule has 0 unspecified atom stereocenters. The third-order valence-electron chi connectivity index (χ3n) is 7.37. The maximum Gasteiger partial charge on any atom is 0.335 e. The molecule has 0 fully saturated rings. The molecule has 3 aromatic heterocycles. The Morgan fingerprint density at radius 2 is 1.74 bits per heavy atom. The maximum absolute atomic E-state index is 13.8. The van der Waals surface area contributed by atoms with Crippen LogP contribution >= 0.6 is 0 Å². The number of rotatable bonds is 7. The molecule has 0 atom stereocenters. The molecule has 0 saturated heterocycles. The van der Waals surface area contributed by atoms with Crippen molar-refractivity contribution < 1.29 is 19.1 Å². The summed E-state index contributed by atoms with van der Waals surface area (Å²) in [6.45, 7) is 0.457. The van der Waals surface area contributed by atoms with Crippen LogP contribution < -0.4 is 10.3 Å². The Bertz CT molecular complexity index is 2270. The molecular formula is C34H24N4O5. The van der Waals surface area contributed by atoms with Crippen molar-refractivity contribution in [2.75, 3.05) is 7.11 Å². The fraction of sp³-hybridized carbons (Fsp3) is 0.0588. The fourth-order valence-electron chi connectivity index (χ4n) is 5.34. The van der Waals surface area contributed by atoms with Gasteiger partial charge in [0.2, 0.25) is 5.82 Å². The van der Waals surface area contributed by atoms with Gasteiger partial charge in [0.15, 0.2) is 5.76 Å². The molecular weight excluding hydrogens is 544 g/mol. The van der Waals surface area contributed by atoms with Crippen LogP contribution in [0.25, 0.3) is 44.4 Å². The molecule has 43 heavy (non-hydrogen) atoms. The van der Waals surface area contributed by atoms with Crippen LogP contribution in [0.5, 0.6) is 5.75 Å². The van der Waals surface area contributed by atoms with Gasteiger partial charge in [-0.1, -0.05) is 48.5 Å². The van der Waals surface area contributed by atoms with Crippen LogP contribution in [-0.4, -0.2) is 38.6 Å². The monoisotopic (exact) mass is 568 g/mol. The number of hydrogen-bond acceptors (Lipinski definition) is 6. The molecule has 210 valence electrons. The van der Waals surface area contributed by atoms with Crippen LogP contribution in [0.15, 0.2) is 118 Å². The Balaban J connectivity index is 1.36.